The van der Waals surface area contributed by atoms with E-state index in [4.69, 9.17) is 34.4 Å². The van der Waals surface area contributed by atoms with Crippen LogP contribution in [0.5, 0.6) is 5.75 Å². The van der Waals surface area contributed by atoms with Gasteiger partial charge in [0.2, 0.25) is 0 Å². The van der Waals surface area contributed by atoms with E-state index in [1.165, 1.54) is 0 Å². The van der Waals surface area contributed by atoms with E-state index in [-0.39, 0.29) is 17.5 Å². The minimum Gasteiger partial charge on any atom is -0.488 e. The Bertz CT molecular complexity index is 815. The van der Waals surface area contributed by atoms with Crippen molar-refractivity contribution in [3.05, 3.63) is 57.9 Å². The van der Waals surface area contributed by atoms with Crippen LogP contribution >= 0.6 is 23.2 Å². The van der Waals surface area contributed by atoms with Gasteiger partial charge in [0, 0.05) is 11.0 Å². The molecule has 1 aromatic carbocycles. The Kier molecular flexibility index (Phi) is 5.73. The van der Waals surface area contributed by atoms with Crippen LogP contribution in [0.2, 0.25) is 5.15 Å². The number of hydrogen-bond donors (Lipinski definition) is 0. The number of nitrogens with zero attached hydrogens (tertiary/aromatic N) is 2. The average Bonchev–Trinajstić information content (AvgIpc) is 2.60. The summed E-state index contributed by atoms with van der Waals surface area (Å²) in [6.07, 6.45) is 5.40. The van der Waals surface area contributed by atoms with Crippen LogP contribution in [0.15, 0.2) is 30.3 Å². The molecule has 24 heavy (non-hydrogen) atoms. The fourth-order valence-corrected chi connectivity index (χ4v) is 2.64. The number of alkyl halides is 1. The van der Waals surface area contributed by atoms with E-state index in [1.54, 1.807) is 6.07 Å². The molecule has 0 saturated heterocycles. The van der Waals surface area contributed by atoms with E-state index in [0.717, 1.165) is 11.1 Å². The summed E-state index contributed by atoms with van der Waals surface area (Å²) < 4.78 is 5.44. The Morgan fingerprint density at radius 1 is 1.29 bits per heavy atom. The van der Waals surface area contributed by atoms with Gasteiger partial charge in [0.15, 0.2) is 10.9 Å². The summed E-state index contributed by atoms with van der Waals surface area (Å²) >= 11 is 11.9. The number of benzene rings is 1. The quantitative estimate of drug-likeness (QED) is 0.448. The lowest BCUT2D eigenvalue weighted by atomic mass is 9.80. The van der Waals surface area contributed by atoms with Crippen molar-refractivity contribution in [2.45, 2.75) is 19.3 Å². The number of pyridine rings is 1. The average molecular weight is 359 g/mol. The zero-order chi connectivity index (χ0) is 17.7. The molecule has 0 fully saturated rings. The first-order valence-corrected chi connectivity index (χ1v) is 8.22. The summed E-state index contributed by atoms with van der Waals surface area (Å²) in [6.45, 7) is 4.28. The monoisotopic (exact) mass is 358 g/mol. The minimum atomic E-state index is -0.451. The zero-order valence-electron chi connectivity index (χ0n) is 13.4. The maximum Gasteiger partial charge on any atom is 0.174 e. The van der Waals surface area contributed by atoms with Crippen molar-refractivity contribution in [3.8, 4) is 24.2 Å². The van der Waals surface area contributed by atoms with E-state index in [9.17, 15) is 5.26 Å². The van der Waals surface area contributed by atoms with Gasteiger partial charge in [-0.2, -0.15) is 5.26 Å². The second-order valence-corrected chi connectivity index (χ2v) is 6.41. The Labute approximate surface area is 152 Å². The van der Waals surface area contributed by atoms with E-state index < -0.39 is 5.41 Å². The van der Waals surface area contributed by atoms with Crippen LogP contribution in [0.25, 0.3) is 0 Å². The molecule has 0 aliphatic rings. The SMILES string of the molecule is C#Cc1ccc(C(C)(C)c2cc(C#N)c(OCCCl)c(Cl)n2)cc1. The van der Waals surface area contributed by atoms with Crippen molar-refractivity contribution in [1.82, 2.24) is 4.98 Å². The van der Waals surface area contributed by atoms with Gasteiger partial charge in [-0.05, 0) is 23.8 Å². The maximum atomic E-state index is 9.40. The van der Waals surface area contributed by atoms with Crippen molar-refractivity contribution < 1.29 is 4.74 Å². The predicted molar refractivity (Wildman–Crippen MR) is 96.7 cm³/mol. The zero-order valence-corrected chi connectivity index (χ0v) is 14.9. The van der Waals surface area contributed by atoms with Crippen LogP contribution in [-0.4, -0.2) is 17.5 Å². The van der Waals surface area contributed by atoms with Crippen LogP contribution in [0.3, 0.4) is 0 Å². The van der Waals surface area contributed by atoms with Gasteiger partial charge in [-0.3, -0.25) is 0 Å². The molecule has 0 aliphatic carbocycles. The normalized spacial score (nSPS) is 10.8. The van der Waals surface area contributed by atoms with E-state index in [0.29, 0.717) is 17.1 Å². The molecule has 0 N–H and O–H groups in total. The standard InChI is InChI=1S/C19H16Cl2N2O/c1-4-13-5-7-15(8-6-13)19(2,3)16-11-14(12-22)17(18(21)23-16)24-10-9-20/h1,5-8,11H,9-10H2,2-3H3. The third-order valence-electron chi connectivity index (χ3n) is 3.79. The lowest BCUT2D eigenvalue weighted by molar-refractivity contribution is 0.340. The number of halogens is 2. The molecule has 0 saturated carbocycles. The molecule has 2 aromatic rings. The Morgan fingerprint density at radius 3 is 2.50 bits per heavy atom. The van der Waals surface area contributed by atoms with Crippen LogP contribution in [-0.2, 0) is 5.41 Å². The van der Waals surface area contributed by atoms with Crippen molar-refractivity contribution in [2.75, 3.05) is 12.5 Å². The summed E-state index contributed by atoms with van der Waals surface area (Å²) in [4.78, 5) is 4.43. The molecule has 0 spiro atoms. The van der Waals surface area contributed by atoms with Crippen molar-refractivity contribution >= 4 is 23.2 Å². The highest BCUT2D eigenvalue weighted by Crippen LogP contribution is 2.35. The number of ether oxygens (including phenoxy) is 1. The van der Waals surface area contributed by atoms with Gasteiger partial charge in [-0.25, -0.2) is 4.98 Å². The third kappa shape index (κ3) is 3.65. The van der Waals surface area contributed by atoms with Crippen molar-refractivity contribution in [3.63, 3.8) is 0 Å². The molecule has 1 heterocycles. The topological polar surface area (TPSA) is 45.9 Å². The highest BCUT2D eigenvalue weighted by molar-refractivity contribution is 6.31. The second kappa shape index (κ2) is 7.58. The molecule has 2 rings (SSSR count). The van der Waals surface area contributed by atoms with Gasteiger partial charge in [0.05, 0.1) is 17.1 Å². The molecule has 0 bridgehead atoms. The molecule has 5 heteroatoms. The molecule has 122 valence electrons. The van der Waals surface area contributed by atoms with Crippen LogP contribution < -0.4 is 4.74 Å². The maximum absolute atomic E-state index is 9.40. The van der Waals surface area contributed by atoms with Crippen LogP contribution in [0.1, 0.15) is 36.2 Å². The van der Waals surface area contributed by atoms with Crippen LogP contribution in [0.4, 0.5) is 0 Å². The molecule has 0 atom stereocenters. The Hall–Kier alpha value is -2.20. The van der Waals surface area contributed by atoms with E-state index >= 15 is 0 Å². The molecule has 3 nitrogen and oxygen atoms in total. The van der Waals surface area contributed by atoms with Crippen molar-refractivity contribution in [2.24, 2.45) is 0 Å². The lowest BCUT2D eigenvalue weighted by Gasteiger charge is -2.26. The Morgan fingerprint density at radius 2 is 1.96 bits per heavy atom. The highest BCUT2D eigenvalue weighted by Gasteiger charge is 2.27. The van der Waals surface area contributed by atoms with Gasteiger partial charge in [0.25, 0.3) is 0 Å². The number of rotatable bonds is 5. The molecule has 0 radical (unpaired) electrons. The number of terminal acetylenes is 1. The summed E-state index contributed by atoms with van der Waals surface area (Å²) in [5.41, 5.74) is 2.39. The number of nitriles is 1. The summed E-state index contributed by atoms with van der Waals surface area (Å²) in [7, 11) is 0. The molecular formula is C19H16Cl2N2O. The third-order valence-corrected chi connectivity index (χ3v) is 4.20. The smallest absolute Gasteiger partial charge is 0.174 e. The fraction of sp³-hybridized carbons (Fsp3) is 0.263. The minimum absolute atomic E-state index is 0.155. The number of hydrogen-bond acceptors (Lipinski definition) is 3. The highest BCUT2D eigenvalue weighted by atomic mass is 35.5. The second-order valence-electron chi connectivity index (χ2n) is 5.67. The molecule has 0 aliphatic heterocycles. The molecular weight excluding hydrogens is 343 g/mol. The molecule has 0 unspecified atom stereocenters. The first-order chi connectivity index (χ1) is 11.4. The van der Waals surface area contributed by atoms with E-state index in [2.05, 4.69) is 17.0 Å². The van der Waals surface area contributed by atoms with Gasteiger partial charge < -0.3 is 4.74 Å². The summed E-state index contributed by atoms with van der Waals surface area (Å²) in [5.74, 6) is 3.16. The van der Waals surface area contributed by atoms with Crippen LogP contribution in [0, 0.1) is 23.7 Å². The van der Waals surface area contributed by atoms with Gasteiger partial charge >= 0.3 is 0 Å². The summed E-state index contributed by atoms with van der Waals surface area (Å²) in [5, 5.41) is 9.55. The predicted octanol–water partition coefficient (Wildman–Crippen LogP) is 4.53. The summed E-state index contributed by atoms with van der Waals surface area (Å²) in [6, 6.07) is 11.5. The first-order valence-electron chi connectivity index (χ1n) is 7.31. The first kappa shape index (κ1) is 18.1. The lowest BCUT2D eigenvalue weighted by Crippen LogP contribution is -2.21. The van der Waals surface area contributed by atoms with Gasteiger partial charge in [-0.15, -0.1) is 18.0 Å². The fourth-order valence-electron chi connectivity index (χ4n) is 2.31. The Balaban J connectivity index is 2.48. The molecule has 1 aromatic heterocycles. The largest absolute Gasteiger partial charge is 0.488 e. The van der Waals surface area contributed by atoms with Crippen molar-refractivity contribution in [1.29, 1.82) is 5.26 Å². The van der Waals surface area contributed by atoms with Gasteiger partial charge in [-0.1, -0.05) is 43.5 Å². The van der Waals surface area contributed by atoms with E-state index in [1.807, 2.05) is 38.1 Å². The van der Waals surface area contributed by atoms with Gasteiger partial charge in [0.1, 0.15) is 12.7 Å². The molecule has 0 amide bonds. The number of aromatic nitrogens is 1.